The minimum Gasteiger partial charge on any atom is -0.380 e. The maximum absolute atomic E-state index is 10.6. The maximum Gasteiger partial charge on any atom is 0.269 e. The van der Waals surface area contributed by atoms with Crippen molar-refractivity contribution in [1.82, 2.24) is 5.32 Å². The van der Waals surface area contributed by atoms with Crippen molar-refractivity contribution < 1.29 is 9.66 Å². The van der Waals surface area contributed by atoms with Crippen LogP contribution in [-0.4, -0.2) is 24.7 Å². The van der Waals surface area contributed by atoms with Crippen LogP contribution in [-0.2, 0) is 4.74 Å². The highest BCUT2D eigenvalue weighted by Crippen LogP contribution is 2.17. The second kappa shape index (κ2) is 8.61. The van der Waals surface area contributed by atoms with Gasteiger partial charge in [0.15, 0.2) is 0 Å². The molecule has 0 saturated heterocycles. The zero-order chi connectivity index (χ0) is 14.1. The van der Waals surface area contributed by atoms with Crippen LogP contribution in [0.1, 0.15) is 38.3 Å². The number of nitro groups is 1. The van der Waals surface area contributed by atoms with Crippen molar-refractivity contribution in [2.75, 3.05) is 19.8 Å². The van der Waals surface area contributed by atoms with E-state index in [4.69, 9.17) is 4.74 Å². The lowest BCUT2D eigenvalue weighted by molar-refractivity contribution is -0.384. The molecule has 0 heterocycles. The monoisotopic (exact) mass is 266 g/mol. The summed E-state index contributed by atoms with van der Waals surface area (Å²) in [5.74, 6) is 0. The average Bonchev–Trinajstić information content (AvgIpc) is 2.42. The fraction of sp³-hybridized carbons (Fsp3) is 0.571. The Bertz CT molecular complexity index is 379. The molecule has 0 saturated carbocycles. The molecule has 1 rings (SSSR count). The molecule has 0 aliphatic rings. The Morgan fingerprint density at radius 3 is 2.58 bits per heavy atom. The second-order valence-electron chi connectivity index (χ2n) is 4.49. The molecule has 0 aliphatic carbocycles. The summed E-state index contributed by atoms with van der Waals surface area (Å²) in [5, 5.41) is 13.9. The van der Waals surface area contributed by atoms with Gasteiger partial charge in [-0.2, -0.15) is 0 Å². The first-order valence-corrected chi connectivity index (χ1v) is 6.70. The van der Waals surface area contributed by atoms with E-state index >= 15 is 0 Å². The van der Waals surface area contributed by atoms with Crippen LogP contribution in [0.4, 0.5) is 5.69 Å². The first kappa shape index (κ1) is 15.6. The Morgan fingerprint density at radius 2 is 2.00 bits per heavy atom. The lowest BCUT2D eigenvalue weighted by Crippen LogP contribution is -2.23. The van der Waals surface area contributed by atoms with Crippen molar-refractivity contribution in [3.8, 4) is 0 Å². The summed E-state index contributed by atoms with van der Waals surface area (Å²) in [4.78, 5) is 10.2. The van der Waals surface area contributed by atoms with E-state index in [-0.39, 0.29) is 16.7 Å². The standard InChI is InChI=1S/C14H22N2O3/c1-3-4-10-19-11-9-15-12(2)13-5-7-14(8-6-13)16(17)18/h5-8,12,15H,3-4,9-11H2,1-2H3. The summed E-state index contributed by atoms with van der Waals surface area (Å²) in [5.41, 5.74) is 1.16. The van der Waals surface area contributed by atoms with Crippen LogP contribution in [0.2, 0.25) is 0 Å². The molecular formula is C14H22N2O3. The van der Waals surface area contributed by atoms with Crippen LogP contribution < -0.4 is 5.32 Å². The normalized spacial score (nSPS) is 12.3. The van der Waals surface area contributed by atoms with Gasteiger partial charge in [-0.3, -0.25) is 10.1 Å². The second-order valence-corrected chi connectivity index (χ2v) is 4.49. The Hall–Kier alpha value is -1.46. The van der Waals surface area contributed by atoms with Gasteiger partial charge >= 0.3 is 0 Å². The van der Waals surface area contributed by atoms with Crippen LogP contribution >= 0.6 is 0 Å². The van der Waals surface area contributed by atoms with Crippen molar-refractivity contribution in [3.63, 3.8) is 0 Å². The van der Waals surface area contributed by atoms with Gasteiger partial charge < -0.3 is 10.1 Å². The molecule has 5 nitrogen and oxygen atoms in total. The van der Waals surface area contributed by atoms with E-state index in [1.165, 1.54) is 12.1 Å². The number of rotatable bonds is 9. The third-order valence-corrected chi connectivity index (χ3v) is 2.94. The summed E-state index contributed by atoms with van der Waals surface area (Å²) < 4.78 is 5.46. The number of nitro benzene ring substituents is 1. The number of nitrogens with one attached hydrogen (secondary N) is 1. The van der Waals surface area contributed by atoms with E-state index < -0.39 is 0 Å². The number of non-ortho nitro benzene ring substituents is 1. The zero-order valence-corrected chi connectivity index (χ0v) is 11.6. The van der Waals surface area contributed by atoms with Gasteiger partial charge in [0.25, 0.3) is 5.69 Å². The summed E-state index contributed by atoms with van der Waals surface area (Å²) in [6.45, 7) is 6.45. The highest BCUT2D eigenvalue weighted by Gasteiger charge is 2.08. The van der Waals surface area contributed by atoms with Gasteiger partial charge in [-0.1, -0.05) is 25.5 Å². The molecule has 0 amide bonds. The zero-order valence-electron chi connectivity index (χ0n) is 11.6. The first-order valence-electron chi connectivity index (χ1n) is 6.70. The SMILES string of the molecule is CCCCOCCNC(C)c1ccc([N+](=O)[O-])cc1. The maximum atomic E-state index is 10.6. The number of benzene rings is 1. The number of unbranched alkanes of at least 4 members (excludes halogenated alkanes) is 1. The number of hydrogen-bond donors (Lipinski definition) is 1. The predicted octanol–water partition coefficient (Wildman–Crippen LogP) is 3.06. The minimum atomic E-state index is -0.385. The largest absolute Gasteiger partial charge is 0.380 e. The summed E-state index contributed by atoms with van der Waals surface area (Å²) in [6, 6.07) is 6.80. The molecule has 1 N–H and O–H groups in total. The fourth-order valence-electron chi connectivity index (χ4n) is 1.70. The Balaban J connectivity index is 2.29. The molecule has 5 heteroatoms. The van der Waals surface area contributed by atoms with Crippen molar-refractivity contribution in [2.45, 2.75) is 32.7 Å². The lowest BCUT2D eigenvalue weighted by Gasteiger charge is -2.14. The van der Waals surface area contributed by atoms with Gasteiger partial charge in [0.05, 0.1) is 11.5 Å². The molecule has 0 bridgehead atoms. The van der Waals surface area contributed by atoms with E-state index in [9.17, 15) is 10.1 Å². The molecule has 0 aliphatic heterocycles. The van der Waals surface area contributed by atoms with E-state index in [0.717, 1.165) is 31.6 Å². The third kappa shape index (κ3) is 5.81. The Morgan fingerprint density at radius 1 is 1.32 bits per heavy atom. The molecule has 1 aromatic rings. The topological polar surface area (TPSA) is 64.4 Å². The van der Waals surface area contributed by atoms with E-state index in [0.29, 0.717) is 6.61 Å². The molecule has 0 radical (unpaired) electrons. The van der Waals surface area contributed by atoms with Gasteiger partial charge in [0.1, 0.15) is 0 Å². The van der Waals surface area contributed by atoms with Gasteiger partial charge in [-0.05, 0) is 18.9 Å². The van der Waals surface area contributed by atoms with Crippen LogP contribution in [0.3, 0.4) is 0 Å². The molecule has 0 spiro atoms. The van der Waals surface area contributed by atoms with Crippen LogP contribution in [0.15, 0.2) is 24.3 Å². The molecule has 0 fully saturated rings. The molecular weight excluding hydrogens is 244 g/mol. The van der Waals surface area contributed by atoms with Gasteiger partial charge in [0.2, 0.25) is 0 Å². The van der Waals surface area contributed by atoms with E-state index in [1.807, 2.05) is 6.92 Å². The van der Waals surface area contributed by atoms with Crippen molar-refractivity contribution >= 4 is 5.69 Å². The third-order valence-electron chi connectivity index (χ3n) is 2.94. The van der Waals surface area contributed by atoms with Crippen LogP contribution in [0.5, 0.6) is 0 Å². The van der Waals surface area contributed by atoms with E-state index in [1.54, 1.807) is 12.1 Å². The summed E-state index contributed by atoms with van der Waals surface area (Å²) in [6.07, 6.45) is 2.24. The predicted molar refractivity (Wildman–Crippen MR) is 75.2 cm³/mol. The van der Waals surface area contributed by atoms with E-state index in [2.05, 4.69) is 12.2 Å². The highest BCUT2D eigenvalue weighted by atomic mass is 16.6. The van der Waals surface area contributed by atoms with Gasteiger partial charge in [-0.15, -0.1) is 0 Å². The lowest BCUT2D eigenvalue weighted by atomic mass is 10.1. The summed E-state index contributed by atoms with van der Waals surface area (Å²) in [7, 11) is 0. The van der Waals surface area contributed by atoms with Crippen LogP contribution in [0.25, 0.3) is 0 Å². The molecule has 106 valence electrons. The highest BCUT2D eigenvalue weighted by molar-refractivity contribution is 5.33. The molecule has 1 aromatic carbocycles. The Kier molecular flexibility index (Phi) is 7.07. The smallest absolute Gasteiger partial charge is 0.269 e. The number of hydrogen-bond acceptors (Lipinski definition) is 4. The van der Waals surface area contributed by atoms with Crippen molar-refractivity contribution in [2.24, 2.45) is 0 Å². The Labute approximate surface area is 114 Å². The number of nitrogens with zero attached hydrogens (tertiary/aromatic N) is 1. The first-order chi connectivity index (χ1) is 9.15. The average molecular weight is 266 g/mol. The van der Waals surface area contributed by atoms with Crippen LogP contribution in [0, 0.1) is 10.1 Å². The molecule has 1 atom stereocenters. The van der Waals surface area contributed by atoms with Crippen molar-refractivity contribution in [3.05, 3.63) is 39.9 Å². The van der Waals surface area contributed by atoms with Gasteiger partial charge in [-0.25, -0.2) is 0 Å². The van der Waals surface area contributed by atoms with Crippen molar-refractivity contribution in [1.29, 1.82) is 0 Å². The quantitative estimate of drug-likeness (QED) is 0.424. The molecule has 1 unspecified atom stereocenters. The summed E-state index contributed by atoms with van der Waals surface area (Å²) >= 11 is 0. The number of ether oxygens (including phenoxy) is 1. The minimum absolute atomic E-state index is 0.124. The van der Waals surface area contributed by atoms with Gasteiger partial charge in [0, 0.05) is 31.3 Å². The fourth-order valence-corrected chi connectivity index (χ4v) is 1.70. The molecule has 19 heavy (non-hydrogen) atoms. The molecule has 0 aromatic heterocycles.